The van der Waals surface area contributed by atoms with E-state index in [0.717, 1.165) is 42.9 Å². The number of carbonyl (C=O) groups excluding carboxylic acids is 1. The van der Waals surface area contributed by atoms with E-state index in [9.17, 15) is 10.1 Å². The molecule has 0 unspecified atom stereocenters. The van der Waals surface area contributed by atoms with Crippen LogP contribution in [0.2, 0.25) is 0 Å². The van der Waals surface area contributed by atoms with E-state index in [1.165, 1.54) is 0 Å². The van der Waals surface area contributed by atoms with Crippen LogP contribution in [0.3, 0.4) is 0 Å². The predicted octanol–water partition coefficient (Wildman–Crippen LogP) is 3.79. The number of alkyl carbamates (subject to hydrolysis) is 1. The van der Waals surface area contributed by atoms with Crippen LogP contribution in [0.1, 0.15) is 39.2 Å². The molecule has 160 valence electrons. The molecule has 0 radical (unpaired) electrons. The molecular formula is C23H26N6O2. The van der Waals surface area contributed by atoms with Crippen LogP contribution < -0.4 is 10.2 Å². The molecule has 1 fully saturated rings. The lowest BCUT2D eigenvalue weighted by atomic mass is 10.1. The van der Waals surface area contributed by atoms with Gasteiger partial charge in [0.05, 0.1) is 16.6 Å². The van der Waals surface area contributed by atoms with Crippen LogP contribution in [-0.2, 0) is 4.74 Å². The minimum absolute atomic E-state index is 0.0495. The molecule has 3 aromatic rings. The first-order valence-electron chi connectivity index (χ1n) is 10.4. The lowest BCUT2D eigenvalue weighted by Gasteiger charge is -2.33. The zero-order valence-corrected chi connectivity index (χ0v) is 18.0. The number of amides is 1. The van der Waals surface area contributed by atoms with Gasteiger partial charge in [-0.2, -0.15) is 5.26 Å². The second-order valence-corrected chi connectivity index (χ2v) is 8.63. The number of hydrogen-bond donors (Lipinski definition) is 1. The number of benzene rings is 1. The van der Waals surface area contributed by atoms with Gasteiger partial charge in [0.25, 0.3) is 0 Å². The molecule has 31 heavy (non-hydrogen) atoms. The van der Waals surface area contributed by atoms with Crippen LogP contribution in [0, 0.1) is 11.3 Å². The van der Waals surface area contributed by atoms with Crippen LogP contribution >= 0.6 is 0 Å². The molecule has 1 aromatic carbocycles. The molecule has 1 aliphatic heterocycles. The van der Waals surface area contributed by atoms with Crippen LogP contribution in [0.4, 0.5) is 10.7 Å². The van der Waals surface area contributed by atoms with E-state index in [1.807, 2.05) is 49.6 Å². The Labute approximate surface area is 181 Å². The molecule has 1 saturated heterocycles. The molecule has 0 atom stereocenters. The van der Waals surface area contributed by atoms with E-state index in [0.29, 0.717) is 11.4 Å². The van der Waals surface area contributed by atoms with Gasteiger partial charge in [-0.1, -0.05) is 12.1 Å². The van der Waals surface area contributed by atoms with Gasteiger partial charge in [0.15, 0.2) is 5.82 Å². The van der Waals surface area contributed by atoms with Crippen LogP contribution in [0.15, 0.2) is 42.6 Å². The number of rotatable bonds is 3. The number of anilines is 1. The smallest absolute Gasteiger partial charge is 0.407 e. The van der Waals surface area contributed by atoms with Crippen molar-refractivity contribution in [3.05, 3.63) is 48.2 Å². The van der Waals surface area contributed by atoms with E-state index < -0.39 is 5.60 Å². The zero-order valence-electron chi connectivity index (χ0n) is 18.0. The van der Waals surface area contributed by atoms with Crippen molar-refractivity contribution in [2.24, 2.45) is 0 Å². The zero-order chi connectivity index (χ0) is 22.0. The maximum atomic E-state index is 12.1. The standard InChI is InChI=1S/C23H26N6O2/c1-23(2,3)31-22(30)26-17-10-13-28(14-11-17)21-27-18-8-4-5-9-19(18)29(21)20-16(15-24)7-6-12-25-20/h4-9,12,17H,10-11,13-14H2,1-3H3,(H,26,30). The number of imidazole rings is 1. The molecule has 4 rings (SSSR count). The number of hydrogen-bond acceptors (Lipinski definition) is 6. The van der Waals surface area contributed by atoms with Crippen molar-refractivity contribution in [1.82, 2.24) is 19.9 Å². The largest absolute Gasteiger partial charge is 0.444 e. The van der Waals surface area contributed by atoms with Gasteiger partial charge in [-0.15, -0.1) is 0 Å². The minimum Gasteiger partial charge on any atom is -0.444 e. The Balaban J connectivity index is 1.59. The summed E-state index contributed by atoms with van der Waals surface area (Å²) in [6.07, 6.45) is 2.85. The van der Waals surface area contributed by atoms with Gasteiger partial charge in [0.2, 0.25) is 5.95 Å². The lowest BCUT2D eigenvalue weighted by Crippen LogP contribution is -2.46. The molecule has 2 aromatic heterocycles. The normalized spacial score (nSPS) is 15.0. The number of nitrogens with zero attached hydrogens (tertiary/aromatic N) is 5. The van der Waals surface area contributed by atoms with Gasteiger partial charge in [-0.3, -0.25) is 4.57 Å². The highest BCUT2D eigenvalue weighted by Crippen LogP contribution is 2.29. The Hall–Kier alpha value is -3.60. The number of carbonyl (C=O) groups is 1. The van der Waals surface area contributed by atoms with Gasteiger partial charge < -0.3 is 15.0 Å². The molecule has 1 N–H and O–H groups in total. The maximum absolute atomic E-state index is 12.1. The summed E-state index contributed by atoms with van der Waals surface area (Å²) in [4.78, 5) is 23.6. The minimum atomic E-state index is -0.517. The molecule has 8 heteroatoms. The second-order valence-electron chi connectivity index (χ2n) is 8.63. The van der Waals surface area contributed by atoms with Gasteiger partial charge in [0, 0.05) is 25.3 Å². The highest BCUT2D eigenvalue weighted by atomic mass is 16.6. The Morgan fingerprint density at radius 2 is 1.94 bits per heavy atom. The Bertz CT molecular complexity index is 1130. The Morgan fingerprint density at radius 1 is 1.19 bits per heavy atom. The van der Waals surface area contributed by atoms with E-state index >= 15 is 0 Å². The number of ether oxygens (including phenoxy) is 1. The summed E-state index contributed by atoms with van der Waals surface area (Å²) in [6.45, 7) is 7.00. The molecule has 8 nitrogen and oxygen atoms in total. The lowest BCUT2D eigenvalue weighted by molar-refractivity contribution is 0.0497. The molecule has 0 aliphatic carbocycles. The summed E-state index contributed by atoms with van der Waals surface area (Å²) in [5.41, 5.74) is 1.73. The van der Waals surface area contributed by atoms with Crippen LogP contribution in [0.25, 0.3) is 16.9 Å². The van der Waals surface area contributed by atoms with Crippen molar-refractivity contribution in [1.29, 1.82) is 5.26 Å². The summed E-state index contributed by atoms with van der Waals surface area (Å²) in [7, 11) is 0. The topological polar surface area (TPSA) is 96.1 Å². The van der Waals surface area contributed by atoms with Gasteiger partial charge in [0.1, 0.15) is 11.7 Å². The third kappa shape index (κ3) is 4.45. The molecule has 0 spiro atoms. The first kappa shape index (κ1) is 20.7. The van der Waals surface area contributed by atoms with Crippen molar-refractivity contribution in [3.63, 3.8) is 0 Å². The predicted molar refractivity (Wildman–Crippen MR) is 118 cm³/mol. The maximum Gasteiger partial charge on any atom is 0.407 e. The number of piperidine rings is 1. The number of aromatic nitrogens is 3. The van der Waals surface area contributed by atoms with Gasteiger partial charge in [-0.25, -0.2) is 14.8 Å². The summed E-state index contributed by atoms with van der Waals surface area (Å²) in [5, 5.41) is 12.6. The van der Waals surface area contributed by atoms with Crippen molar-refractivity contribution in [2.45, 2.75) is 45.3 Å². The molecule has 1 aliphatic rings. The Morgan fingerprint density at radius 3 is 2.65 bits per heavy atom. The van der Waals surface area contributed by atoms with E-state index in [2.05, 4.69) is 21.3 Å². The van der Waals surface area contributed by atoms with Crippen LogP contribution in [-0.4, -0.2) is 45.4 Å². The van der Waals surface area contributed by atoms with E-state index in [4.69, 9.17) is 9.72 Å². The fourth-order valence-corrected chi connectivity index (χ4v) is 3.79. The molecule has 0 bridgehead atoms. The highest BCUT2D eigenvalue weighted by Gasteiger charge is 2.27. The second kappa shape index (κ2) is 8.26. The highest BCUT2D eigenvalue weighted by molar-refractivity contribution is 5.81. The summed E-state index contributed by atoms with van der Waals surface area (Å²) in [5.74, 6) is 1.33. The first-order valence-corrected chi connectivity index (χ1v) is 10.4. The number of fused-ring (bicyclic) bond motifs is 1. The fourth-order valence-electron chi connectivity index (χ4n) is 3.79. The van der Waals surface area contributed by atoms with Gasteiger partial charge >= 0.3 is 6.09 Å². The quantitative estimate of drug-likeness (QED) is 0.695. The molecule has 0 saturated carbocycles. The monoisotopic (exact) mass is 418 g/mol. The third-order valence-electron chi connectivity index (χ3n) is 5.16. The van der Waals surface area contributed by atoms with Crippen molar-refractivity contribution >= 4 is 23.1 Å². The third-order valence-corrected chi connectivity index (χ3v) is 5.16. The number of nitrogens with one attached hydrogen (secondary N) is 1. The molecular weight excluding hydrogens is 392 g/mol. The summed E-state index contributed by atoms with van der Waals surface area (Å²) >= 11 is 0. The average molecular weight is 419 g/mol. The average Bonchev–Trinajstić information content (AvgIpc) is 3.12. The van der Waals surface area contributed by atoms with Crippen LogP contribution in [0.5, 0.6) is 0 Å². The van der Waals surface area contributed by atoms with Crippen molar-refractivity contribution < 1.29 is 9.53 Å². The van der Waals surface area contributed by atoms with Gasteiger partial charge in [-0.05, 0) is 57.9 Å². The van der Waals surface area contributed by atoms with Crippen molar-refractivity contribution in [2.75, 3.05) is 18.0 Å². The number of para-hydroxylation sites is 2. The van der Waals surface area contributed by atoms with E-state index in [1.54, 1.807) is 18.3 Å². The summed E-state index contributed by atoms with van der Waals surface area (Å²) in [6, 6.07) is 13.7. The molecule has 1 amide bonds. The first-order chi connectivity index (χ1) is 14.9. The van der Waals surface area contributed by atoms with Crippen molar-refractivity contribution in [3.8, 4) is 11.9 Å². The number of pyridine rings is 1. The van der Waals surface area contributed by atoms with E-state index in [-0.39, 0.29) is 12.1 Å². The Kier molecular flexibility index (Phi) is 5.51. The SMILES string of the molecule is CC(C)(C)OC(=O)NC1CCN(c2nc3ccccc3n2-c2ncccc2C#N)CC1. The number of nitriles is 1. The summed E-state index contributed by atoms with van der Waals surface area (Å²) < 4.78 is 7.33. The fraction of sp³-hybridized carbons (Fsp3) is 0.391. The molecule has 3 heterocycles.